The number of aliphatic hydroxyl groups excluding tert-OH is 1. The highest BCUT2D eigenvalue weighted by molar-refractivity contribution is 5.76. The fourth-order valence-corrected chi connectivity index (χ4v) is 1.06. The Kier molecular flexibility index (Phi) is 5.72. The van der Waals surface area contributed by atoms with Crippen molar-refractivity contribution in [1.82, 2.24) is 0 Å². The first kappa shape index (κ1) is 11.4. The number of aliphatic hydroxyl groups is 1. The first-order valence-electron chi connectivity index (χ1n) is 4.36. The van der Waals surface area contributed by atoms with Crippen LogP contribution >= 0.6 is 0 Å². The van der Waals surface area contributed by atoms with Crippen LogP contribution in [0, 0.1) is 17.2 Å². The largest absolute Gasteiger partial charge is 0.396 e. The molecule has 71 valence electrons. The van der Waals surface area contributed by atoms with E-state index < -0.39 is 0 Å². The Hall–Kier alpha value is -0.570. The van der Waals surface area contributed by atoms with Crippen LogP contribution in [0.5, 0.6) is 0 Å². The summed E-state index contributed by atoms with van der Waals surface area (Å²) >= 11 is 0. The summed E-state index contributed by atoms with van der Waals surface area (Å²) in [7, 11) is 0. The minimum Gasteiger partial charge on any atom is -0.396 e. The highest BCUT2D eigenvalue weighted by Gasteiger charge is 2.11. The molecule has 0 aliphatic rings. The molecule has 12 heavy (non-hydrogen) atoms. The molecule has 1 radical (unpaired) electrons. The van der Waals surface area contributed by atoms with E-state index in [0.717, 1.165) is 18.8 Å². The van der Waals surface area contributed by atoms with E-state index in [2.05, 4.69) is 13.8 Å². The summed E-state index contributed by atoms with van der Waals surface area (Å²) in [4.78, 5) is 0. The van der Waals surface area contributed by atoms with Gasteiger partial charge in [0.25, 0.3) is 0 Å². The predicted molar refractivity (Wildman–Crippen MR) is 50.9 cm³/mol. The summed E-state index contributed by atoms with van der Waals surface area (Å²) in [6.07, 6.45) is 2.40. The molecule has 0 saturated heterocycles. The van der Waals surface area contributed by atoms with Crippen molar-refractivity contribution in [2.75, 3.05) is 6.61 Å². The molecule has 0 aliphatic heterocycles. The van der Waals surface area contributed by atoms with E-state index in [1.54, 1.807) is 0 Å². The average Bonchev–Trinajstić information content (AvgIpc) is 1.96. The third kappa shape index (κ3) is 5.13. The van der Waals surface area contributed by atoms with E-state index in [-0.39, 0.29) is 12.4 Å². The van der Waals surface area contributed by atoms with Gasteiger partial charge in [-0.25, -0.2) is 0 Å². The van der Waals surface area contributed by atoms with Crippen LogP contribution < -0.4 is 5.73 Å². The van der Waals surface area contributed by atoms with Crippen LogP contribution in [0.25, 0.3) is 0 Å². The number of hydrogen-bond donors (Lipinski definition) is 3. The number of nitrogens with two attached hydrogens (primary N) is 1. The van der Waals surface area contributed by atoms with Crippen molar-refractivity contribution in [3.05, 3.63) is 5.92 Å². The molecule has 4 N–H and O–H groups in total. The quantitative estimate of drug-likeness (QED) is 0.416. The van der Waals surface area contributed by atoms with Gasteiger partial charge >= 0.3 is 0 Å². The van der Waals surface area contributed by atoms with Gasteiger partial charge in [0.05, 0.1) is 5.84 Å². The second kappa shape index (κ2) is 6.00. The lowest BCUT2D eigenvalue weighted by Crippen LogP contribution is -2.13. The van der Waals surface area contributed by atoms with Crippen LogP contribution in [0.15, 0.2) is 0 Å². The molecule has 0 bridgehead atoms. The van der Waals surface area contributed by atoms with Gasteiger partial charge in [-0.2, -0.15) is 0 Å². The number of amidine groups is 1. The molecule has 0 fully saturated rings. The molecule has 0 aliphatic carbocycles. The molecule has 0 unspecified atom stereocenters. The Labute approximate surface area is 74.5 Å². The molecule has 0 atom stereocenters. The molecular formula is C9H19N2O. The second-order valence-electron chi connectivity index (χ2n) is 3.35. The Morgan fingerprint density at radius 1 is 1.42 bits per heavy atom. The average molecular weight is 171 g/mol. The number of rotatable bonds is 6. The molecular weight excluding hydrogens is 152 g/mol. The van der Waals surface area contributed by atoms with E-state index in [1.807, 2.05) is 0 Å². The van der Waals surface area contributed by atoms with E-state index in [0.29, 0.717) is 12.3 Å². The van der Waals surface area contributed by atoms with E-state index in [1.165, 1.54) is 0 Å². The van der Waals surface area contributed by atoms with E-state index in [4.69, 9.17) is 16.2 Å². The van der Waals surface area contributed by atoms with Gasteiger partial charge in [0.2, 0.25) is 0 Å². The molecule has 3 nitrogen and oxygen atoms in total. The smallest absolute Gasteiger partial charge is 0.0905 e. The van der Waals surface area contributed by atoms with Gasteiger partial charge in [-0.3, -0.25) is 5.41 Å². The fraction of sp³-hybridized carbons (Fsp3) is 0.778. The Bertz CT molecular complexity index is 134. The van der Waals surface area contributed by atoms with E-state index >= 15 is 0 Å². The zero-order chi connectivity index (χ0) is 9.56. The molecule has 3 heteroatoms. The minimum absolute atomic E-state index is 0.162. The maximum atomic E-state index is 8.94. The SMILES string of the molecule is CC(C)[C](CO)CCCC(=N)N. The standard InChI is InChI=1S/C9H19N2O/c1-7(2)8(6-12)4-3-5-9(10)11/h7,12H,3-6H2,1-2H3,(H3,10,11). The third-order valence-electron chi connectivity index (χ3n) is 1.96. The van der Waals surface area contributed by atoms with Gasteiger partial charge in [0, 0.05) is 18.9 Å². The van der Waals surface area contributed by atoms with Crippen molar-refractivity contribution in [2.24, 2.45) is 11.7 Å². The minimum atomic E-state index is 0.162. The van der Waals surface area contributed by atoms with Crippen LogP contribution in [0.1, 0.15) is 33.1 Å². The number of hydrogen-bond acceptors (Lipinski definition) is 2. The zero-order valence-electron chi connectivity index (χ0n) is 7.93. The van der Waals surface area contributed by atoms with Gasteiger partial charge < -0.3 is 10.8 Å². The van der Waals surface area contributed by atoms with Crippen molar-refractivity contribution in [3.63, 3.8) is 0 Å². The van der Waals surface area contributed by atoms with Crippen LogP contribution in [-0.2, 0) is 0 Å². The molecule has 0 aromatic heterocycles. The lowest BCUT2D eigenvalue weighted by Gasteiger charge is -2.16. The Balaban J connectivity index is 3.51. The van der Waals surface area contributed by atoms with Crippen molar-refractivity contribution >= 4 is 5.84 Å². The summed E-state index contributed by atoms with van der Waals surface area (Å²) in [5, 5.41) is 15.9. The maximum absolute atomic E-state index is 8.94. The molecule has 0 rings (SSSR count). The monoisotopic (exact) mass is 171 g/mol. The van der Waals surface area contributed by atoms with Gasteiger partial charge in [0.15, 0.2) is 0 Å². The fourth-order valence-electron chi connectivity index (χ4n) is 1.06. The van der Waals surface area contributed by atoms with Crippen LogP contribution in [-0.4, -0.2) is 17.5 Å². The summed E-state index contributed by atoms with van der Waals surface area (Å²) in [5.74, 6) is 1.81. The summed E-state index contributed by atoms with van der Waals surface area (Å²) in [6, 6.07) is 0. The van der Waals surface area contributed by atoms with Crippen molar-refractivity contribution in [3.8, 4) is 0 Å². The third-order valence-corrected chi connectivity index (χ3v) is 1.96. The number of nitrogens with one attached hydrogen (secondary N) is 1. The highest BCUT2D eigenvalue weighted by atomic mass is 16.3. The second-order valence-corrected chi connectivity index (χ2v) is 3.35. The van der Waals surface area contributed by atoms with Crippen LogP contribution in [0.3, 0.4) is 0 Å². The summed E-state index contributed by atoms with van der Waals surface area (Å²) < 4.78 is 0. The zero-order valence-corrected chi connectivity index (χ0v) is 7.93. The summed E-state index contributed by atoms with van der Waals surface area (Å²) in [6.45, 7) is 4.30. The van der Waals surface area contributed by atoms with Crippen LogP contribution in [0.4, 0.5) is 0 Å². The molecule has 0 spiro atoms. The van der Waals surface area contributed by atoms with E-state index in [9.17, 15) is 0 Å². The van der Waals surface area contributed by atoms with Crippen molar-refractivity contribution < 1.29 is 5.11 Å². The van der Waals surface area contributed by atoms with Crippen molar-refractivity contribution in [2.45, 2.75) is 33.1 Å². The molecule has 0 aromatic rings. The first-order chi connectivity index (χ1) is 5.57. The predicted octanol–water partition coefficient (Wildman–Crippen LogP) is 1.32. The Morgan fingerprint density at radius 2 is 2.00 bits per heavy atom. The van der Waals surface area contributed by atoms with Crippen molar-refractivity contribution in [1.29, 1.82) is 5.41 Å². The topological polar surface area (TPSA) is 70.1 Å². The van der Waals surface area contributed by atoms with Gasteiger partial charge in [-0.1, -0.05) is 13.8 Å². The Morgan fingerprint density at radius 3 is 2.33 bits per heavy atom. The highest BCUT2D eigenvalue weighted by Crippen LogP contribution is 2.19. The van der Waals surface area contributed by atoms with Gasteiger partial charge in [-0.15, -0.1) is 0 Å². The lowest BCUT2D eigenvalue weighted by molar-refractivity contribution is 0.279. The van der Waals surface area contributed by atoms with Gasteiger partial charge in [0.1, 0.15) is 0 Å². The van der Waals surface area contributed by atoms with Gasteiger partial charge in [-0.05, 0) is 18.8 Å². The molecule has 0 saturated carbocycles. The maximum Gasteiger partial charge on any atom is 0.0905 e. The molecule has 0 heterocycles. The van der Waals surface area contributed by atoms with Crippen LogP contribution in [0.2, 0.25) is 0 Å². The first-order valence-corrected chi connectivity index (χ1v) is 4.36. The molecule has 0 amide bonds. The normalized spacial score (nSPS) is 11.1. The molecule has 0 aromatic carbocycles. The lowest BCUT2D eigenvalue weighted by atomic mass is 9.91. The summed E-state index contributed by atoms with van der Waals surface area (Å²) in [5.41, 5.74) is 5.21.